The standard InChI is InChI=1S/C18H19ClN2O4S/c19-16-7-5-14(6-8-16)18(22)20-13-15-3-1-2-4-17(15)26(23,24)21-9-11-25-12-10-21/h1-8H,9-13H2,(H,20,22). The van der Waals surface area contributed by atoms with Gasteiger partial charge < -0.3 is 10.1 Å². The molecule has 1 heterocycles. The molecule has 1 N–H and O–H groups in total. The second-order valence-electron chi connectivity index (χ2n) is 5.81. The number of carbonyl (C=O) groups is 1. The smallest absolute Gasteiger partial charge is 0.251 e. The predicted molar refractivity (Wildman–Crippen MR) is 98.6 cm³/mol. The van der Waals surface area contributed by atoms with E-state index in [-0.39, 0.29) is 17.3 Å². The van der Waals surface area contributed by atoms with Crippen LogP contribution in [0.25, 0.3) is 0 Å². The highest BCUT2D eigenvalue weighted by Crippen LogP contribution is 2.21. The minimum Gasteiger partial charge on any atom is -0.379 e. The Hall–Kier alpha value is -1.93. The van der Waals surface area contributed by atoms with Crippen LogP contribution in [0.5, 0.6) is 0 Å². The van der Waals surface area contributed by atoms with Gasteiger partial charge in [-0.05, 0) is 35.9 Å². The normalized spacial score (nSPS) is 15.6. The predicted octanol–water partition coefficient (Wildman–Crippen LogP) is 2.29. The van der Waals surface area contributed by atoms with Crippen LogP contribution in [0.2, 0.25) is 5.02 Å². The molecule has 1 aliphatic rings. The van der Waals surface area contributed by atoms with Gasteiger partial charge in [0.05, 0.1) is 18.1 Å². The Kier molecular flexibility index (Phi) is 5.93. The average Bonchev–Trinajstić information content (AvgIpc) is 2.67. The molecule has 1 fully saturated rings. The van der Waals surface area contributed by atoms with Crippen molar-refractivity contribution in [1.29, 1.82) is 0 Å². The first-order valence-electron chi connectivity index (χ1n) is 8.18. The van der Waals surface area contributed by atoms with Crippen molar-refractivity contribution in [2.45, 2.75) is 11.4 Å². The van der Waals surface area contributed by atoms with Crippen LogP contribution in [0.15, 0.2) is 53.4 Å². The Balaban J connectivity index is 1.77. The summed E-state index contributed by atoms with van der Waals surface area (Å²) < 4.78 is 32.4. The summed E-state index contributed by atoms with van der Waals surface area (Å²) in [5.41, 5.74) is 1.00. The lowest BCUT2D eigenvalue weighted by atomic mass is 10.2. The molecule has 0 atom stereocenters. The second-order valence-corrected chi connectivity index (χ2v) is 8.16. The van der Waals surface area contributed by atoms with Crippen molar-refractivity contribution in [3.05, 3.63) is 64.7 Å². The number of morpholine rings is 1. The van der Waals surface area contributed by atoms with Gasteiger partial charge in [-0.1, -0.05) is 29.8 Å². The highest BCUT2D eigenvalue weighted by atomic mass is 35.5. The molecule has 0 bridgehead atoms. The van der Waals surface area contributed by atoms with Crippen molar-refractivity contribution in [2.75, 3.05) is 26.3 Å². The maximum atomic E-state index is 12.9. The summed E-state index contributed by atoms with van der Waals surface area (Å²) in [6.07, 6.45) is 0. The average molecular weight is 395 g/mol. The maximum absolute atomic E-state index is 12.9. The van der Waals surface area contributed by atoms with Gasteiger partial charge in [0.15, 0.2) is 0 Å². The van der Waals surface area contributed by atoms with Crippen LogP contribution in [0.4, 0.5) is 0 Å². The Labute approximate surface area is 157 Å². The number of hydrogen-bond acceptors (Lipinski definition) is 4. The Morgan fingerprint density at radius 3 is 2.42 bits per heavy atom. The minimum absolute atomic E-state index is 0.112. The molecule has 0 spiro atoms. The van der Waals surface area contributed by atoms with Crippen molar-refractivity contribution in [1.82, 2.24) is 9.62 Å². The molecule has 3 rings (SSSR count). The van der Waals surface area contributed by atoms with Crippen molar-refractivity contribution in [3.8, 4) is 0 Å². The quantitative estimate of drug-likeness (QED) is 0.844. The summed E-state index contributed by atoms with van der Waals surface area (Å²) in [6, 6.07) is 13.2. The first kappa shape index (κ1) is 18.8. The first-order valence-corrected chi connectivity index (χ1v) is 10.00. The summed E-state index contributed by atoms with van der Waals surface area (Å²) in [6.45, 7) is 1.53. The summed E-state index contributed by atoms with van der Waals surface area (Å²) in [4.78, 5) is 12.5. The number of amides is 1. The highest BCUT2D eigenvalue weighted by Gasteiger charge is 2.28. The van der Waals surface area contributed by atoms with E-state index < -0.39 is 10.0 Å². The Bertz CT molecular complexity index is 878. The molecule has 0 aromatic heterocycles. The molecule has 1 amide bonds. The molecule has 0 saturated carbocycles. The molecule has 1 saturated heterocycles. The molecule has 6 nitrogen and oxygen atoms in total. The van der Waals surface area contributed by atoms with Crippen molar-refractivity contribution >= 4 is 27.5 Å². The molecule has 2 aromatic carbocycles. The first-order chi connectivity index (χ1) is 12.5. The molecule has 0 aliphatic carbocycles. The van der Waals surface area contributed by atoms with Gasteiger partial charge in [0.25, 0.3) is 5.91 Å². The van der Waals surface area contributed by atoms with Crippen molar-refractivity contribution < 1.29 is 17.9 Å². The highest BCUT2D eigenvalue weighted by molar-refractivity contribution is 7.89. The summed E-state index contributed by atoms with van der Waals surface area (Å²) in [5, 5.41) is 3.31. The maximum Gasteiger partial charge on any atom is 0.251 e. The summed E-state index contributed by atoms with van der Waals surface area (Å²) in [7, 11) is -3.63. The molecule has 8 heteroatoms. The number of halogens is 1. The van der Waals surface area contributed by atoms with E-state index in [9.17, 15) is 13.2 Å². The van der Waals surface area contributed by atoms with Crippen molar-refractivity contribution in [3.63, 3.8) is 0 Å². The monoisotopic (exact) mass is 394 g/mol. The molecule has 0 radical (unpaired) electrons. The molecule has 138 valence electrons. The molecule has 2 aromatic rings. The lowest BCUT2D eigenvalue weighted by Gasteiger charge is -2.27. The second kappa shape index (κ2) is 8.18. The van der Waals surface area contributed by atoms with E-state index in [0.717, 1.165) is 0 Å². The van der Waals surface area contributed by atoms with Gasteiger partial charge in [-0.25, -0.2) is 8.42 Å². The fraction of sp³-hybridized carbons (Fsp3) is 0.278. The number of carbonyl (C=O) groups excluding carboxylic acids is 1. The number of benzene rings is 2. The van der Waals surface area contributed by atoms with E-state index in [2.05, 4.69) is 5.32 Å². The van der Waals surface area contributed by atoms with E-state index in [1.807, 2.05) is 0 Å². The summed E-state index contributed by atoms with van der Waals surface area (Å²) in [5.74, 6) is -0.291. The molecule has 26 heavy (non-hydrogen) atoms. The molecular weight excluding hydrogens is 376 g/mol. The fourth-order valence-corrected chi connectivity index (χ4v) is 4.46. The molecular formula is C18H19ClN2O4S. The van der Waals surface area contributed by atoms with Crippen LogP contribution in [0.3, 0.4) is 0 Å². The van der Waals surface area contributed by atoms with E-state index in [4.69, 9.17) is 16.3 Å². The van der Waals surface area contributed by atoms with Gasteiger partial charge in [0.2, 0.25) is 10.0 Å². The van der Waals surface area contributed by atoms with E-state index >= 15 is 0 Å². The SMILES string of the molecule is O=C(NCc1ccccc1S(=O)(=O)N1CCOCC1)c1ccc(Cl)cc1. The van der Waals surface area contributed by atoms with Crippen LogP contribution < -0.4 is 5.32 Å². The van der Waals surface area contributed by atoms with Gasteiger partial charge in [-0.2, -0.15) is 4.31 Å². The number of nitrogens with one attached hydrogen (secondary N) is 1. The van der Waals surface area contributed by atoms with E-state index in [1.54, 1.807) is 48.5 Å². The van der Waals surface area contributed by atoms with Gasteiger partial charge in [-0.3, -0.25) is 4.79 Å². The number of nitrogens with zero attached hydrogens (tertiary/aromatic N) is 1. The topological polar surface area (TPSA) is 75.7 Å². The van der Waals surface area contributed by atoms with E-state index in [0.29, 0.717) is 42.5 Å². The van der Waals surface area contributed by atoms with Crippen LogP contribution in [0, 0.1) is 0 Å². The summed E-state index contributed by atoms with van der Waals surface area (Å²) >= 11 is 5.82. The number of sulfonamides is 1. The Morgan fingerprint density at radius 2 is 1.73 bits per heavy atom. The number of hydrogen-bond donors (Lipinski definition) is 1. The third-order valence-corrected chi connectivity index (χ3v) is 6.36. The number of ether oxygens (including phenoxy) is 1. The van der Waals surface area contributed by atoms with Gasteiger partial charge in [-0.15, -0.1) is 0 Å². The zero-order valence-electron chi connectivity index (χ0n) is 14.0. The molecule has 1 aliphatic heterocycles. The van der Waals surface area contributed by atoms with E-state index in [1.165, 1.54) is 4.31 Å². The Morgan fingerprint density at radius 1 is 1.08 bits per heavy atom. The van der Waals surface area contributed by atoms with Crippen LogP contribution in [-0.4, -0.2) is 44.9 Å². The largest absolute Gasteiger partial charge is 0.379 e. The third-order valence-electron chi connectivity index (χ3n) is 4.11. The van der Waals surface area contributed by atoms with Crippen LogP contribution in [-0.2, 0) is 21.3 Å². The van der Waals surface area contributed by atoms with Crippen LogP contribution >= 0.6 is 11.6 Å². The van der Waals surface area contributed by atoms with Crippen molar-refractivity contribution in [2.24, 2.45) is 0 Å². The minimum atomic E-state index is -3.63. The zero-order valence-corrected chi connectivity index (χ0v) is 15.6. The van der Waals surface area contributed by atoms with Gasteiger partial charge in [0.1, 0.15) is 0 Å². The fourth-order valence-electron chi connectivity index (χ4n) is 2.71. The van der Waals surface area contributed by atoms with Gasteiger partial charge in [0, 0.05) is 30.2 Å². The number of rotatable bonds is 5. The molecule has 0 unspecified atom stereocenters. The zero-order chi connectivity index (χ0) is 18.6. The van der Waals surface area contributed by atoms with Crippen LogP contribution in [0.1, 0.15) is 15.9 Å². The van der Waals surface area contributed by atoms with Gasteiger partial charge >= 0.3 is 0 Å². The lowest BCUT2D eigenvalue weighted by molar-refractivity contribution is 0.0730. The third kappa shape index (κ3) is 4.24. The lowest BCUT2D eigenvalue weighted by Crippen LogP contribution is -2.41.